The van der Waals surface area contributed by atoms with Gasteiger partial charge in [-0.25, -0.2) is 0 Å². The van der Waals surface area contributed by atoms with Crippen LogP contribution in [0.1, 0.15) is 23.8 Å². The van der Waals surface area contributed by atoms with Crippen LogP contribution in [0.15, 0.2) is 17.5 Å². The van der Waals surface area contributed by atoms with Crippen LogP contribution in [-0.2, 0) is 4.79 Å². The van der Waals surface area contributed by atoms with Gasteiger partial charge in [0.2, 0.25) is 5.91 Å². The molecule has 2 unspecified atom stereocenters. The highest BCUT2D eigenvalue weighted by atomic mass is 32.2. The van der Waals surface area contributed by atoms with Crippen molar-refractivity contribution in [3.05, 3.63) is 22.4 Å². The van der Waals surface area contributed by atoms with E-state index in [0.29, 0.717) is 11.9 Å². The summed E-state index contributed by atoms with van der Waals surface area (Å²) < 4.78 is 0. The molecule has 98 valence electrons. The number of likely N-dealkylation sites (tertiary alicyclic amines) is 1. The second kappa shape index (κ2) is 5.63. The summed E-state index contributed by atoms with van der Waals surface area (Å²) in [5.41, 5.74) is 0. The van der Waals surface area contributed by atoms with Gasteiger partial charge in [0.05, 0.1) is 12.1 Å². The van der Waals surface area contributed by atoms with Gasteiger partial charge in [0, 0.05) is 29.5 Å². The molecule has 3 rings (SSSR count). The summed E-state index contributed by atoms with van der Waals surface area (Å²) in [6.07, 6.45) is 2.25. The number of carbonyl (C=O) groups is 1. The maximum absolute atomic E-state index is 12.6. The molecule has 1 amide bonds. The fourth-order valence-corrected chi connectivity index (χ4v) is 4.53. The van der Waals surface area contributed by atoms with E-state index in [0.717, 1.165) is 37.4 Å². The maximum Gasteiger partial charge on any atom is 0.241 e. The molecule has 2 aliphatic rings. The third-order valence-corrected chi connectivity index (χ3v) is 5.66. The monoisotopic (exact) mass is 282 g/mol. The molecule has 1 aromatic heterocycles. The molecule has 18 heavy (non-hydrogen) atoms. The van der Waals surface area contributed by atoms with Crippen LogP contribution in [0.3, 0.4) is 0 Å². The van der Waals surface area contributed by atoms with E-state index in [2.05, 4.69) is 27.7 Å². The number of thiophene rings is 1. The predicted molar refractivity (Wildman–Crippen MR) is 77.1 cm³/mol. The summed E-state index contributed by atoms with van der Waals surface area (Å²) >= 11 is 3.65. The van der Waals surface area contributed by atoms with Crippen molar-refractivity contribution in [3.63, 3.8) is 0 Å². The lowest BCUT2D eigenvalue weighted by atomic mass is 10.1. The number of carbonyl (C=O) groups excluding carboxylic acids is 1. The van der Waals surface area contributed by atoms with Crippen LogP contribution in [0, 0.1) is 0 Å². The van der Waals surface area contributed by atoms with Crippen molar-refractivity contribution < 1.29 is 4.79 Å². The summed E-state index contributed by atoms with van der Waals surface area (Å²) in [6, 6.07) is 4.59. The Morgan fingerprint density at radius 2 is 2.44 bits per heavy atom. The molecule has 2 aliphatic heterocycles. The minimum atomic E-state index is 0.0318. The molecule has 1 N–H and O–H groups in total. The van der Waals surface area contributed by atoms with Crippen molar-refractivity contribution >= 4 is 29.0 Å². The highest BCUT2D eigenvalue weighted by Gasteiger charge is 2.34. The smallest absolute Gasteiger partial charge is 0.241 e. The van der Waals surface area contributed by atoms with E-state index in [1.54, 1.807) is 11.3 Å². The average molecular weight is 282 g/mol. The highest BCUT2D eigenvalue weighted by Crippen LogP contribution is 2.35. The van der Waals surface area contributed by atoms with Crippen molar-refractivity contribution in [2.24, 2.45) is 0 Å². The van der Waals surface area contributed by atoms with Crippen LogP contribution in [-0.4, -0.2) is 41.4 Å². The predicted octanol–water partition coefficient (Wildman–Crippen LogP) is 2.12. The van der Waals surface area contributed by atoms with Crippen molar-refractivity contribution in [3.8, 4) is 0 Å². The molecular weight excluding hydrogens is 264 g/mol. The molecule has 0 radical (unpaired) electrons. The Hall–Kier alpha value is -0.520. The van der Waals surface area contributed by atoms with Crippen LogP contribution in [0.4, 0.5) is 0 Å². The molecule has 0 spiro atoms. The Balaban J connectivity index is 1.72. The number of nitrogens with zero attached hydrogens (tertiary/aromatic N) is 1. The van der Waals surface area contributed by atoms with E-state index >= 15 is 0 Å². The van der Waals surface area contributed by atoms with Crippen LogP contribution in [0.25, 0.3) is 0 Å². The van der Waals surface area contributed by atoms with E-state index in [4.69, 9.17) is 0 Å². The Bertz CT molecular complexity index is 401. The van der Waals surface area contributed by atoms with Gasteiger partial charge in [-0.3, -0.25) is 4.79 Å². The number of amides is 1. The van der Waals surface area contributed by atoms with Crippen LogP contribution >= 0.6 is 23.1 Å². The molecule has 5 heteroatoms. The Morgan fingerprint density at radius 3 is 3.17 bits per heavy atom. The molecule has 2 atom stereocenters. The summed E-state index contributed by atoms with van der Waals surface area (Å²) in [5.74, 6) is 2.35. The number of hydrogen-bond donors (Lipinski definition) is 1. The van der Waals surface area contributed by atoms with E-state index in [1.807, 2.05) is 11.8 Å². The largest absolute Gasteiger partial charge is 0.333 e. The summed E-state index contributed by atoms with van der Waals surface area (Å²) in [6.45, 7) is 1.88. The molecule has 0 aliphatic carbocycles. The Kier molecular flexibility index (Phi) is 3.91. The number of nitrogens with one attached hydrogen (secondary N) is 1. The minimum Gasteiger partial charge on any atom is -0.333 e. The fourth-order valence-electron chi connectivity index (χ4n) is 2.73. The van der Waals surface area contributed by atoms with Gasteiger partial charge in [-0.05, 0) is 24.3 Å². The van der Waals surface area contributed by atoms with Gasteiger partial charge in [-0.2, -0.15) is 11.8 Å². The van der Waals surface area contributed by atoms with Gasteiger partial charge in [-0.15, -0.1) is 11.3 Å². The average Bonchev–Trinajstić information content (AvgIpc) is 3.09. The molecule has 0 aromatic carbocycles. The van der Waals surface area contributed by atoms with Gasteiger partial charge >= 0.3 is 0 Å². The number of hydrogen-bond acceptors (Lipinski definition) is 4. The standard InChI is InChI=1S/C13H18N2OS2/c16-13(10-9-17-8-5-14-10)15-6-1-3-11(15)12-4-2-7-18-12/h2,4,7,10-11,14H,1,3,5-6,8-9H2. The summed E-state index contributed by atoms with van der Waals surface area (Å²) in [7, 11) is 0. The van der Waals surface area contributed by atoms with Crippen LogP contribution in [0.2, 0.25) is 0 Å². The van der Waals surface area contributed by atoms with Gasteiger partial charge < -0.3 is 10.2 Å². The first-order chi connectivity index (χ1) is 8.86. The van der Waals surface area contributed by atoms with E-state index in [1.165, 1.54) is 4.88 Å². The van der Waals surface area contributed by atoms with Gasteiger partial charge in [0.25, 0.3) is 0 Å². The molecule has 1 aromatic rings. The van der Waals surface area contributed by atoms with Gasteiger partial charge in [0.15, 0.2) is 0 Å². The minimum absolute atomic E-state index is 0.0318. The first-order valence-electron chi connectivity index (χ1n) is 6.51. The van der Waals surface area contributed by atoms with Crippen molar-refractivity contribution in [2.75, 3.05) is 24.6 Å². The summed E-state index contributed by atoms with van der Waals surface area (Å²) in [5, 5.41) is 5.46. The second-order valence-electron chi connectivity index (χ2n) is 4.79. The summed E-state index contributed by atoms with van der Waals surface area (Å²) in [4.78, 5) is 16.0. The quantitative estimate of drug-likeness (QED) is 0.902. The van der Waals surface area contributed by atoms with Gasteiger partial charge in [0.1, 0.15) is 0 Å². The van der Waals surface area contributed by atoms with Crippen molar-refractivity contribution in [1.29, 1.82) is 0 Å². The zero-order valence-corrected chi connectivity index (χ0v) is 11.9. The lowest BCUT2D eigenvalue weighted by Gasteiger charge is -2.30. The molecule has 3 heterocycles. The molecule has 3 nitrogen and oxygen atoms in total. The zero-order valence-electron chi connectivity index (χ0n) is 10.3. The molecule has 0 saturated carbocycles. The molecule has 2 fully saturated rings. The van der Waals surface area contributed by atoms with Crippen LogP contribution in [0.5, 0.6) is 0 Å². The van der Waals surface area contributed by atoms with Crippen molar-refractivity contribution in [1.82, 2.24) is 10.2 Å². The molecular formula is C13H18N2OS2. The van der Waals surface area contributed by atoms with E-state index in [9.17, 15) is 4.79 Å². The van der Waals surface area contributed by atoms with Gasteiger partial charge in [-0.1, -0.05) is 6.07 Å². The lowest BCUT2D eigenvalue weighted by molar-refractivity contribution is -0.133. The highest BCUT2D eigenvalue weighted by molar-refractivity contribution is 7.99. The third kappa shape index (κ3) is 2.44. The topological polar surface area (TPSA) is 32.3 Å². The lowest BCUT2D eigenvalue weighted by Crippen LogP contribution is -2.50. The molecule has 2 saturated heterocycles. The second-order valence-corrected chi connectivity index (χ2v) is 6.92. The number of thioether (sulfide) groups is 1. The fraction of sp³-hybridized carbons (Fsp3) is 0.615. The van der Waals surface area contributed by atoms with Crippen LogP contribution < -0.4 is 5.32 Å². The van der Waals surface area contributed by atoms with E-state index < -0.39 is 0 Å². The third-order valence-electron chi connectivity index (χ3n) is 3.63. The Morgan fingerprint density at radius 1 is 1.50 bits per heavy atom. The van der Waals surface area contributed by atoms with E-state index in [-0.39, 0.29) is 6.04 Å². The first-order valence-corrected chi connectivity index (χ1v) is 8.55. The maximum atomic E-state index is 12.6. The SMILES string of the molecule is O=C(C1CSCCN1)N1CCCC1c1cccs1. The molecule has 0 bridgehead atoms. The zero-order chi connectivity index (χ0) is 12.4. The Labute approximate surface area is 116 Å². The van der Waals surface area contributed by atoms with Crippen molar-refractivity contribution in [2.45, 2.75) is 24.9 Å². The number of rotatable bonds is 2. The normalized spacial score (nSPS) is 28.6. The first kappa shape index (κ1) is 12.5.